The monoisotopic (exact) mass is 584 g/mol. The molecule has 1 aromatic heterocycles. The van der Waals surface area contributed by atoms with Crippen LogP contribution in [0.15, 0.2) is 115 Å². The summed E-state index contributed by atoms with van der Waals surface area (Å²) in [5, 5.41) is 1.31. The van der Waals surface area contributed by atoms with Gasteiger partial charge in [-0.05, 0) is 71.5 Å². The van der Waals surface area contributed by atoms with E-state index in [2.05, 4.69) is 139 Å². The molecule has 0 amide bonds. The molecule has 4 aliphatic rings. The van der Waals surface area contributed by atoms with Crippen molar-refractivity contribution in [2.75, 3.05) is 9.80 Å². The smallest absolute Gasteiger partial charge is 0.252 e. The fraction of sp³-hybridized carbons (Fsp3) is 0.200. The summed E-state index contributed by atoms with van der Waals surface area (Å²) < 4.78 is 1.32. The molecule has 0 bridgehead atoms. The van der Waals surface area contributed by atoms with E-state index in [1.54, 1.807) is 5.56 Å². The van der Waals surface area contributed by atoms with Crippen LogP contribution in [0.25, 0.3) is 20.5 Å². The van der Waals surface area contributed by atoms with E-state index in [1.807, 2.05) is 11.3 Å². The van der Waals surface area contributed by atoms with Crippen LogP contribution in [0.2, 0.25) is 0 Å². The third kappa shape index (κ3) is 2.93. The quantitative estimate of drug-likeness (QED) is 0.187. The zero-order chi connectivity index (χ0) is 29.2. The van der Waals surface area contributed by atoms with Gasteiger partial charge in [0.25, 0.3) is 6.71 Å². The van der Waals surface area contributed by atoms with Crippen LogP contribution in [0.3, 0.4) is 0 Å². The van der Waals surface area contributed by atoms with Crippen LogP contribution in [-0.2, 0) is 5.41 Å². The van der Waals surface area contributed by atoms with Gasteiger partial charge in [0.05, 0.1) is 16.1 Å². The molecule has 4 heterocycles. The van der Waals surface area contributed by atoms with Crippen molar-refractivity contribution in [3.05, 3.63) is 121 Å². The number of fused-ring (bicyclic) bond motifs is 8. The van der Waals surface area contributed by atoms with Gasteiger partial charge in [-0.3, -0.25) is 0 Å². The van der Waals surface area contributed by atoms with Gasteiger partial charge < -0.3 is 9.80 Å². The molecular weight excluding hydrogens is 551 g/mol. The number of thiophene rings is 1. The maximum absolute atomic E-state index is 2.81. The van der Waals surface area contributed by atoms with Crippen LogP contribution in [0.5, 0.6) is 0 Å². The zero-order valence-electron chi connectivity index (χ0n) is 25.2. The molecular formula is C40H33BN2S. The summed E-state index contributed by atoms with van der Waals surface area (Å²) in [5.41, 5.74) is 14.2. The van der Waals surface area contributed by atoms with Gasteiger partial charge in [0.2, 0.25) is 0 Å². The fourth-order valence-corrected chi connectivity index (χ4v) is 10.6. The number of benzene rings is 5. The fourth-order valence-electron chi connectivity index (χ4n) is 9.45. The molecule has 44 heavy (non-hydrogen) atoms. The first-order chi connectivity index (χ1) is 21.6. The lowest BCUT2D eigenvalue weighted by Crippen LogP contribution is -2.64. The third-order valence-corrected chi connectivity index (χ3v) is 12.8. The van der Waals surface area contributed by atoms with E-state index in [0.29, 0.717) is 0 Å². The number of anilines is 5. The second kappa shape index (κ2) is 8.67. The van der Waals surface area contributed by atoms with Crippen molar-refractivity contribution in [2.45, 2.75) is 50.5 Å². The number of hydrogen-bond donors (Lipinski definition) is 0. The van der Waals surface area contributed by atoms with Crippen LogP contribution in [0.4, 0.5) is 28.4 Å². The maximum Gasteiger partial charge on any atom is 0.252 e. The van der Waals surface area contributed by atoms with E-state index >= 15 is 0 Å². The normalized spacial score (nSPS) is 22.5. The Kier molecular flexibility index (Phi) is 4.94. The van der Waals surface area contributed by atoms with E-state index in [9.17, 15) is 0 Å². The molecule has 6 aromatic rings. The van der Waals surface area contributed by atoms with Gasteiger partial charge in [0, 0.05) is 38.3 Å². The summed E-state index contributed by atoms with van der Waals surface area (Å²) in [6.07, 6.45) is 5.07. The van der Waals surface area contributed by atoms with Crippen molar-refractivity contribution in [2.24, 2.45) is 0 Å². The highest BCUT2D eigenvalue weighted by atomic mass is 32.1. The predicted molar refractivity (Wildman–Crippen MR) is 189 cm³/mol. The van der Waals surface area contributed by atoms with Gasteiger partial charge in [-0.1, -0.05) is 111 Å². The highest BCUT2D eigenvalue weighted by Crippen LogP contribution is 2.62. The van der Waals surface area contributed by atoms with Gasteiger partial charge in [-0.25, -0.2) is 0 Å². The minimum Gasteiger partial charge on any atom is -0.335 e. The highest BCUT2D eigenvalue weighted by molar-refractivity contribution is 7.23. The summed E-state index contributed by atoms with van der Waals surface area (Å²) in [5.74, 6) is 0. The van der Waals surface area contributed by atoms with Crippen molar-refractivity contribution >= 4 is 73.0 Å². The lowest BCUT2D eigenvalue weighted by molar-refractivity contribution is 0.195. The first-order valence-electron chi connectivity index (χ1n) is 16.1. The Morgan fingerprint density at radius 2 is 1.34 bits per heavy atom. The van der Waals surface area contributed by atoms with Gasteiger partial charge in [-0.2, -0.15) is 0 Å². The zero-order valence-corrected chi connectivity index (χ0v) is 26.0. The lowest BCUT2D eigenvalue weighted by atomic mass is 9.33. The van der Waals surface area contributed by atoms with Crippen LogP contribution >= 0.6 is 11.3 Å². The summed E-state index contributed by atoms with van der Waals surface area (Å²) in [4.78, 5) is 6.74. The van der Waals surface area contributed by atoms with E-state index < -0.39 is 0 Å². The second-order valence-corrected chi connectivity index (χ2v) is 14.6. The summed E-state index contributed by atoms with van der Waals surface area (Å²) in [6.45, 7) is 5.32. The molecule has 0 saturated heterocycles. The average Bonchev–Trinajstić information content (AvgIpc) is 3.55. The molecule has 2 atom stereocenters. The Labute approximate surface area is 263 Å². The number of hydrogen-bond acceptors (Lipinski definition) is 3. The van der Waals surface area contributed by atoms with Gasteiger partial charge >= 0.3 is 0 Å². The summed E-state index contributed by atoms with van der Waals surface area (Å²) in [7, 11) is 0. The molecule has 5 aromatic carbocycles. The second-order valence-electron chi connectivity index (χ2n) is 13.6. The number of nitrogens with zero attached hydrogens (tertiary/aromatic N) is 2. The molecule has 0 spiro atoms. The van der Waals surface area contributed by atoms with Gasteiger partial charge in [0.1, 0.15) is 0 Å². The van der Waals surface area contributed by atoms with E-state index in [-0.39, 0.29) is 17.7 Å². The van der Waals surface area contributed by atoms with E-state index in [1.165, 1.54) is 91.0 Å². The average molecular weight is 585 g/mol. The standard InChI is InChI=1S/C40H33BN2S/c1-39-24-10-11-25-40(39,2)43-33-22-13-21-32-35(33)41(30-19-12-17-28(39)37(30)43)29-18-7-8-20-31(29)42(32)36-27-16-6-9-23-34(27)44-38(36)26-14-4-3-5-15-26/h3-9,12-23H,10-11,24-25H2,1-2H3. The van der Waals surface area contributed by atoms with Gasteiger partial charge in [0.15, 0.2) is 0 Å². The molecule has 1 saturated carbocycles. The van der Waals surface area contributed by atoms with Crippen molar-refractivity contribution in [3.8, 4) is 10.4 Å². The third-order valence-electron chi connectivity index (χ3n) is 11.6. The molecule has 212 valence electrons. The molecule has 1 fully saturated rings. The van der Waals surface area contributed by atoms with Crippen LogP contribution in [0.1, 0.15) is 45.1 Å². The number of rotatable bonds is 2. The van der Waals surface area contributed by atoms with E-state index in [4.69, 9.17) is 0 Å². The molecule has 1 aliphatic carbocycles. The maximum atomic E-state index is 2.81. The molecule has 0 radical (unpaired) electrons. The predicted octanol–water partition coefficient (Wildman–Crippen LogP) is 8.92. The van der Waals surface area contributed by atoms with Crippen molar-refractivity contribution in [1.82, 2.24) is 0 Å². The first kappa shape index (κ1) is 25.1. The van der Waals surface area contributed by atoms with Crippen LogP contribution in [0, 0.1) is 0 Å². The van der Waals surface area contributed by atoms with Crippen LogP contribution < -0.4 is 26.2 Å². The topological polar surface area (TPSA) is 6.48 Å². The van der Waals surface area contributed by atoms with Crippen molar-refractivity contribution in [3.63, 3.8) is 0 Å². The Balaban J connectivity index is 1.32. The lowest BCUT2D eigenvalue weighted by Gasteiger charge is -2.52. The Morgan fingerprint density at radius 3 is 2.25 bits per heavy atom. The largest absolute Gasteiger partial charge is 0.335 e. The SMILES string of the molecule is CC12CCCCC1(C)N1c3cccc4c3B(c3ccccc3N4c3c(-c4ccccc4)sc4ccccc34)c3cccc2c31. The minimum absolute atomic E-state index is 0.0514. The summed E-state index contributed by atoms with van der Waals surface area (Å²) >= 11 is 1.91. The molecule has 10 rings (SSSR count). The Bertz CT molecular complexity index is 2150. The molecule has 3 aliphatic heterocycles. The molecule has 2 nitrogen and oxygen atoms in total. The summed E-state index contributed by atoms with van der Waals surface area (Å²) in [6, 6.07) is 43.5. The minimum atomic E-state index is 0.0514. The van der Waals surface area contributed by atoms with E-state index in [0.717, 1.165) is 0 Å². The molecule has 4 heteroatoms. The molecule has 0 N–H and O–H groups in total. The highest BCUT2D eigenvalue weighted by Gasteiger charge is 2.61. The Morgan fingerprint density at radius 1 is 0.636 bits per heavy atom. The first-order valence-corrected chi connectivity index (χ1v) is 16.9. The van der Waals surface area contributed by atoms with Crippen molar-refractivity contribution < 1.29 is 0 Å². The Hall–Kier alpha value is -4.28. The van der Waals surface area contributed by atoms with Gasteiger partial charge in [-0.15, -0.1) is 11.3 Å². The molecule has 2 unspecified atom stereocenters. The van der Waals surface area contributed by atoms with Crippen molar-refractivity contribution in [1.29, 1.82) is 0 Å². The van der Waals surface area contributed by atoms with Crippen LogP contribution in [-0.4, -0.2) is 12.3 Å². The number of para-hydroxylation sites is 2.